The molecule has 2 aromatic heterocycles. The summed E-state index contributed by atoms with van der Waals surface area (Å²) in [4.78, 5) is 19.4. The van der Waals surface area contributed by atoms with Crippen LogP contribution in [0.2, 0.25) is 0 Å². The number of hydrogen-bond donors (Lipinski definition) is 1. The van der Waals surface area contributed by atoms with Gasteiger partial charge in [0.05, 0.1) is 17.6 Å². The van der Waals surface area contributed by atoms with Gasteiger partial charge in [-0.25, -0.2) is 9.67 Å². The molecule has 1 saturated heterocycles. The molecule has 8 heteroatoms. The van der Waals surface area contributed by atoms with Crippen molar-refractivity contribution in [1.29, 1.82) is 0 Å². The van der Waals surface area contributed by atoms with Crippen molar-refractivity contribution >= 4 is 22.4 Å². The standard InChI is InChI=1S/C19H22N6OS/c26-18(17-13-25(23-22-17)16-8-4-3-5-9-16)21-19-20-15(14-27-19)12-24-10-6-1-2-7-11-24/h3-5,8-9,13-14H,1-2,6-7,10-12H2,(H,20,21,26). The van der Waals surface area contributed by atoms with Gasteiger partial charge in [-0.1, -0.05) is 36.3 Å². The number of rotatable bonds is 5. The number of hydrogen-bond acceptors (Lipinski definition) is 6. The van der Waals surface area contributed by atoms with Gasteiger partial charge >= 0.3 is 0 Å². The van der Waals surface area contributed by atoms with Gasteiger partial charge in [-0.05, 0) is 38.1 Å². The number of nitrogens with one attached hydrogen (secondary N) is 1. The Balaban J connectivity index is 1.37. The first-order valence-electron chi connectivity index (χ1n) is 9.24. The second kappa shape index (κ2) is 8.41. The van der Waals surface area contributed by atoms with Crippen molar-refractivity contribution in [2.75, 3.05) is 18.4 Å². The number of carbonyl (C=O) groups excluding carboxylic acids is 1. The van der Waals surface area contributed by atoms with Gasteiger partial charge in [0, 0.05) is 11.9 Å². The molecule has 7 nitrogen and oxygen atoms in total. The van der Waals surface area contributed by atoms with Crippen LogP contribution in [0.4, 0.5) is 5.13 Å². The fourth-order valence-electron chi connectivity index (χ4n) is 3.20. The predicted octanol–water partition coefficient (Wildman–Crippen LogP) is 3.35. The molecular weight excluding hydrogens is 360 g/mol. The zero-order valence-corrected chi connectivity index (χ0v) is 15.9. The van der Waals surface area contributed by atoms with Crippen LogP contribution in [0.1, 0.15) is 41.9 Å². The molecule has 0 aliphatic carbocycles. The van der Waals surface area contributed by atoms with E-state index in [4.69, 9.17) is 0 Å². The van der Waals surface area contributed by atoms with E-state index in [-0.39, 0.29) is 11.6 Å². The number of para-hydroxylation sites is 1. The summed E-state index contributed by atoms with van der Waals surface area (Å²) < 4.78 is 1.58. The molecule has 4 rings (SSSR count). The lowest BCUT2D eigenvalue weighted by Crippen LogP contribution is -2.24. The van der Waals surface area contributed by atoms with Crippen molar-refractivity contribution in [2.45, 2.75) is 32.2 Å². The maximum Gasteiger partial charge on any atom is 0.279 e. The molecule has 0 atom stereocenters. The minimum atomic E-state index is -0.298. The number of nitrogens with zero attached hydrogens (tertiary/aromatic N) is 5. The largest absolute Gasteiger partial charge is 0.297 e. The summed E-state index contributed by atoms with van der Waals surface area (Å²) in [5.74, 6) is -0.298. The van der Waals surface area contributed by atoms with Crippen LogP contribution in [0.15, 0.2) is 41.9 Å². The van der Waals surface area contributed by atoms with Gasteiger partial charge in [-0.2, -0.15) is 0 Å². The average Bonchev–Trinajstić information content (AvgIpc) is 3.28. The van der Waals surface area contributed by atoms with E-state index in [1.165, 1.54) is 37.0 Å². The lowest BCUT2D eigenvalue weighted by molar-refractivity contribution is 0.102. The molecule has 0 unspecified atom stereocenters. The first-order chi connectivity index (χ1) is 13.3. The zero-order chi connectivity index (χ0) is 18.5. The van der Waals surface area contributed by atoms with E-state index in [1.807, 2.05) is 35.7 Å². The van der Waals surface area contributed by atoms with Crippen molar-refractivity contribution in [1.82, 2.24) is 24.9 Å². The van der Waals surface area contributed by atoms with Crippen LogP contribution in [-0.2, 0) is 6.54 Å². The van der Waals surface area contributed by atoms with Crippen molar-refractivity contribution < 1.29 is 4.79 Å². The maximum atomic E-state index is 12.4. The maximum absolute atomic E-state index is 12.4. The number of carbonyl (C=O) groups is 1. The second-order valence-corrected chi connectivity index (χ2v) is 7.53. The molecule has 0 radical (unpaired) electrons. The highest BCUT2D eigenvalue weighted by Crippen LogP contribution is 2.19. The van der Waals surface area contributed by atoms with Gasteiger partial charge in [0.15, 0.2) is 10.8 Å². The molecule has 140 valence electrons. The highest BCUT2D eigenvalue weighted by molar-refractivity contribution is 7.13. The Morgan fingerprint density at radius 2 is 1.89 bits per heavy atom. The minimum Gasteiger partial charge on any atom is -0.297 e. The topological polar surface area (TPSA) is 75.9 Å². The number of thiazole rings is 1. The van der Waals surface area contributed by atoms with Gasteiger partial charge in [-0.3, -0.25) is 15.0 Å². The van der Waals surface area contributed by atoms with Crippen molar-refractivity contribution in [2.24, 2.45) is 0 Å². The smallest absolute Gasteiger partial charge is 0.279 e. The number of anilines is 1. The molecule has 1 fully saturated rings. The Labute approximate surface area is 162 Å². The molecular formula is C19H22N6OS. The Bertz CT molecular complexity index is 883. The van der Waals surface area contributed by atoms with Crippen molar-refractivity contribution in [3.63, 3.8) is 0 Å². The van der Waals surface area contributed by atoms with E-state index in [2.05, 4.69) is 25.5 Å². The Morgan fingerprint density at radius 1 is 1.11 bits per heavy atom. The molecule has 3 aromatic rings. The van der Waals surface area contributed by atoms with E-state index >= 15 is 0 Å². The summed E-state index contributed by atoms with van der Waals surface area (Å²) >= 11 is 1.44. The SMILES string of the molecule is O=C(Nc1nc(CN2CCCCCC2)cs1)c1cn(-c2ccccc2)nn1. The van der Waals surface area contributed by atoms with E-state index in [0.29, 0.717) is 5.13 Å². The molecule has 0 spiro atoms. The third-order valence-corrected chi connectivity index (χ3v) is 5.41. The summed E-state index contributed by atoms with van der Waals surface area (Å²) in [6, 6.07) is 9.58. The van der Waals surface area contributed by atoms with Crippen LogP contribution in [0, 0.1) is 0 Å². The zero-order valence-electron chi connectivity index (χ0n) is 15.0. The second-order valence-electron chi connectivity index (χ2n) is 6.67. The molecule has 1 N–H and O–H groups in total. The molecule has 1 aliphatic heterocycles. The predicted molar refractivity (Wildman–Crippen MR) is 105 cm³/mol. The van der Waals surface area contributed by atoms with Gasteiger partial charge in [0.2, 0.25) is 0 Å². The molecule has 27 heavy (non-hydrogen) atoms. The molecule has 1 aliphatic rings. The first-order valence-corrected chi connectivity index (χ1v) is 10.1. The van der Waals surface area contributed by atoms with Crippen LogP contribution in [0.3, 0.4) is 0 Å². The summed E-state index contributed by atoms with van der Waals surface area (Å²) in [5, 5.41) is 13.4. The minimum absolute atomic E-state index is 0.267. The number of benzene rings is 1. The highest BCUT2D eigenvalue weighted by Gasteiger charge is 2.15. The van der Waals surface area contributed by atoms with Crippen molar-refractivity contribution in [3.8, 4) is 5.69 Å². The highest BCUT2D eigenvalue weighted by atomic mass is 32.1. The van der Waals surface area contributed by atoms with Gasteiger partial charge < -0.3 is 0 Å². The Hall–Kier alpha value is -2.58. The van der Waals surface area contributed by atoms with E-state index in [9.17, 15) is 4.79 Å². The Kier molecular flexibility index (Phi) is 5.55. The van der Waals surface area contributed by atoms with Gasteiger partial charge in [-0.15, -0.1) is 16.4 Å². The molecule has 3 heterocycles. The van der Waals surface area contributed by atoms with Crippen molar-refractivity contribution in [3.05, 3.63) is 53.3 Å². The van der Waals surface area contributed by atoms with Crippen LogP contribution in [0.5, 0.6) is 0 Å². The lowest BCUT2D eigenvalue weighted by Gasteiger charge is -2.17. The van der Waals surface area contributed by atoms with Crippen LogP contribution in [-0.4, -0.2) is 43.9 Å². The number of aromatic nitrogens is 4. The van der Waals surface area contributed by atoms with Crippen LogP contribution in [0.25, 0.3) is 5.69 Å². The third kappa shape index (κ3) is 4.58. The summed E-state index contributed by atoms with van der Waals surface area (Å²) in [6.45, 7) is 3.10. The molecule has 1 amide bonds. The fraction of sp³-hybridized carbons (Fsp3) is 0.368. The summed E-state index contributed by atoms with van der Waals surface area (Å²) in [6.07, 6.45) is 6.77. The Morgan fingerprint density at radius 3 is 2.67 bits per heavy atom. The first kappa shape index (κ1) is 17.8. The summed E-state index contributed by atoms with van der Waals surface area (Å²) in [5.41, 5.74) is 2.13. The molecule has 0 saturated carbocycles. The third-order valence-electron chi connectivity index (χ3n) is 4.60. The average molecular weight is 382 g/mol. The quantitative estimate of drug-likeness (QED) is 0.732. The normalized spacial score (nSPS) is 15.4. The summed E-state index contributed by atoms with van der Waals surface area (Å²) in [7, 11) is 0. The van der Waals surface area contributed by atoms with E-state index in [1.54, 1.807) is 10.9 Å². The van der Waals surface area contributed by atoms with E-state index < -0.39 is 0 Å². The number of likely N-dealkylation sites (tertiary alicyclic amines) is 1. The lowest BCUT2D eigenvalue weighted by atomic mass is 10.2. The molecule has 0 bridgehead atoms. The van der Waals surface area contributed by atoms with E-state index in [0.717, 1.165) is 31.0 Å². The fourth-order valence-corrected chi connectivity index (χ4v) is 3.89. The van der Waals surface area contributed by atoms with Gasteiger partial charge in [0.1, 0.15) is 0 Å². The van der Waals surface area contributed by atoms with Crippen LogP contribution < -0.4 is 5.32 Å². The van der Waals surface area contributed by atoms with Crippen LogP contribution >= 0.6 is 11.3 Å². The molecule has 1 aromatic carbocycles. The van der Waals surface area contributed by atoms with Gasteiger partial charge in [0.25, 0.3) is 5.91 Å². The monoisotopic (exact) mass is 382 g/mol. The number of amides is 1.